The van der Waals surface area contributed by atoms with Crippen LogP contribution in [-0.2, 0) is 4.79 Å². The molecule has 2 N–H and O–H groups in total. The zero-order valence-corrected chi connectivity index (χ0v) is 16.4. The maximum absolute atomic E-state index is 12.6. The van der Waals surface area contributed by atoms with Crippen molar-refractivity contribution < 1.29 is 9.53 Å². The summed E-state index contributed by atoms with van der Waals surface area (Å²) in [5.41, 5.74) is 2.92. The Morgan fingerprint density at radius 2 is 2.00 bits per heavy atom. The van der Waals surface area contributed by atoms with E-state index in [1.54, 1.807) is 0 Å². The lowest BCUT2D eigenvalue weighted by Crippen LogP contribution is -2.25. The standard InChI is InChI=1S/C23H26N4O2/c28-22(19-15-18(19)16-6-2-1-3-7-16)26-23-24-20-9-8-17(14-21(20)25-23)29-13-12-27-10-4-5-11-27/h1-3,6-9,14,18-19H,4-5,10-13,15H2,(H2,24,25,26,28). The number of aromatic amines is 1. The second-order valence-corrected chi connectivity index (χ2v) is 8.01. The van der Waals surface area contributed by atoms with Gasteiger partial charge in [0.2, 0.25) is 11.9 Å². The number of nitrogens with one attached hydrogen (secondary N) is 2. The molecule has 6 nitrogen and oxygen atoms in total. The van der Waals surface area contributed by atoms with Crippen molar-refractivity contribution in [3.63, 3.8) is 0 Å². The number of hydrogen-bond donors (Lipinski definition) is 2. The first kappa shape index (κ1) is 18.2. The molecule has 1 saturated heterocycles. The van der Waals surface area contributed by atoms with Crippen molar-refractivity contribution in [2.45, 2.75) is 25.2 Å². The number of amides is 1. The predicted molar refractivity (Wildman–Crippen MR) is 113 cm³/mol. The van der Waals surface area contributed by atoms with Gasteiger partial charge >= 0.3 is 0 Å². The van der Waals surface area contributed by atoms with Gasteiger partial charge in [0.15, 0.2) is 0 Å². The topological polar surface area (TPSA) is 70.2 Å². The van der Waals surface area contributed by atoms with Gasteiger partial charge in [-0.15, -0.1) is 0 Å². The maximum Gasteiger partial charge on any atom is 0.230 e. The highest BCUT2D eigenvalue weighted by molar-refractivity contribution is 5.95. The third kappa shape index (κ3) is 4.12. The Kier molecular flexibility index (Phi) is 4.94. The Labute approximate surface area is 170 Å². The highest BCUT2D eigenvalue weighted by atomic mass is 16.5. The van der Waals surface area contributed by atoms with Gasteiger partial charge in [-0.05, 0) is 56.0 Å². The molecule has 0 radical (unpaired) electrons. The van der Waals surface area contributed by atoms with E-state index >= 15 is 0 Å². The molecule has 2 aromatic carbocycles. The largest absolute Gasteiger partial charge is 0.492 e. The minimum Gasteiger partial charge on any atom is -0.492 e. The number of ether oxygens (including phenoxy) is 1. The predicted octanol–water partition coefficient (Wildman–Crippen LogP) is 3.78. The molecule has 6 heteroatoms. The molecule has 0 bridgehead atoms. The number of hydrogen-bond acceptors (Lipinski definition) is 4. The van der Waals surface area contributed by atoms with Crippen molar-refractivity contribution in [3.05, 3.63) is 54.1 Å². The summed E-state index contributed by atoms with van der Waals surface area (Å²) in [6.07, 6.45) is 3.48. The van der Waals surface area contributed by atoms with Gasteiger partial charge in [0.1, 0.15) is 12.4 Å². The Hall–Kier alpha value is -2.86. The number of rotatable bonds is 7. The average molecular weight is 390 g/mol. The number of H-pyrrole nitrogens is 1. The molecule has 3 aromatic rings. The number of nitrogens with zero attached hydrogens (tertiary/aromatic N) is 2. The molecule has 0 spiro atoms. The van der Waals surface area contributed by atoms with Gasteiger partial charge in [-0.25, -0.2) is 4.98 Å². The zero-order valence-electron chi connectivity index (χ0n) is 16.4. The van der Waals surface area contributed by atoms with E-state index in [9.17, 15) is 4.79 Å². The fourth-order valence-corrected chi connectivity index (χ4v) is 4.20. The first-order valence-electron chi connectivity index (χ1n) is 10.5. The molecule has 1 aliphatic carbocycles. The van der Waals surface area contributed by atoms with Gasteiger partial charge in [0.25, 0.3) is 0 Å². The number of fused-ring (bicyclic) bond motifs is 1. The molecular formula is C23H26N4O2. The van der Waals surface area contributed by atoms with Crippen LogP contribution >= 0.6 is 0 Å². The van der Waals surface area contributed by atoms with Crippen LogP contribution in [0.3, 0.4) is 0 Å². The van der Waals surface area contributed by atoms with Crippen LogP contribution in [0.2, 0.25) is 0 Å². The van der Waals surface area contributed by atoms with E-state index in [0.717, 1.165) is 29.7 Å². The summed E-state index contributed by atoms with van der Waals surface area (Å²) in [7, 11) is 0. The fraction of sp³-hybridized carbons (Fsp3) is 0.391. The lowest BCUT2D eigenvalue weighted by atomic mass is 10.1. The van der Waals surface area contributed by atoms with Crippen LogP contribution in [0.1, 0.15) is 30.7 Å². The smallest absolute Gasteiger partial charge is 0.230 e. The summed E-state index contributed by atoms with van der Waals surface area (Å²) in [5, 5.41) is 2.94. The van der Waals surface area contributed by atoms with Crippen molar-refractivity contribution in [1.29, 1.82) is 0 Å². The van der Waals surface area contributed by atoms with Gasteiger partial charge < -0.3 is 9.72 Å². The second kappa shape index (κ2) is 7.87. The van der Waals surface area contributed by atoms with Crippen LogP contribution in [-0.4, -0.2) is 47.0 Å². The van der Waals surface area contributed by atoms with Crippen molar-refractivity contribution >= 4 is 22.9 Å². The van der Waals surface area contributed by atoms with E-state index in [2.05, 4.69) is 32.3 Å². The number of benzene rings is 2. The molecule has 1 amide bonds. The first-order chi connectivity index (χ1) is 14.3. The molecule has 2 aliphatic rings. The van der Waals surface area contributed by atoms with E-state index in [-0.39, 0.29) is 11.8 Å². The third-order valence-electron chi connectivity index (χ3n) is 5.93. The normalized spacial score (nSPS) is 21.4. The minimum atomic E-state index is 0.0232. The Morgan fingerprint density at radius 1 is 1.17 bits per heavy atom. The number of carbonyl (C=O) groups excluding carboxylic acids is 1. The quantitative estimate of drug-likeness (QED) is 0.644. The van der Waals surface area contributed by atoms with Crippen molar-refractivity contribution in [3.8, 4) is 5.75 Å². The molecular weight excluding hydrogens is 364 g/mol. The van der Waals surface area contributed by atoms with Gasteiger partial charge in [0, 0.05) is 18.5 Å². The number of carbonyl (C=O) groups is 1. The van der Waals surface area contributed by atoms with Crippen LogP contribution < -0.4 is 10.1 Å². The lowest BCUT2D eigenvalue weighted by Gasteiger charge is -2.14. The van der Waals surface area contributed by atoms with E-state index < -0.39 is 0 Å². The Morgan fingerprint density at radius 3 is 2.83 bits per heavy atom. The maximum atomic E-state index is 12.6. The highest BCUT2D eigenvalue weighted by Gasteiger charge is 2.44. The summed E-state index contributed by atoms with van der Waals surface area (Å²) < 4.78 is 5.89. The molecule has 1 aromatic heterocycles. The van der Waals surface area contributed by atoms with Crippen LogP contribution in [0.25, 0.3) is 11.0 Å². The molecule has 2 atom stereocenters. The van der Waals surface area contributed by atoms with Crippen LogP contribution in [0, 0.1) is 5.92 Å². The van der Waals surface area contributed by atoms with Crippen molar-refractivity contribution in [2.24, 2.45) is 5.92 Å². The second-order valence-electron chi connectivity index (χ2n) is 8.01. The van der Waals surface area contributed by atoms with Crippen LogP contribution in [0.15, 0.2) is 48.5 Å². The minimum absolute atomic E-state index is 0.0232. The summed E-state index contributed by atoms with van der Waals surface area (Å²) >= 11 is 0. The number of aromatic nitrogens is 2. The molecule has 150 valence electrons. The van der Waals surface area contributed by atoms with Crippen molar-refractivity contribution in [1.82, 2.24) is 14.9 Å². The Balaban J connectivity index is 1.18. The monoisotopic (exact) mass is 390 g/mol. The third-order valence-corrected chi connectivity index (χ3v) is 5.93. The first-order valence-corrected chi connectivity index (χ1v) is 10.5. The zero-order chi connectivity index (χ0) is 19.6. The van der Waals surface area contributed by atoms with E-state index in [1.807, 2.05) is 36.4 Å². The molecule has 1 saturated carbocycles. The van der Waals surface area contributed by atoms with Crippen molar-refractivity contribution in [2.75, 3.05) is 31.6 Å². The van der Waals surface area contributed by atoms with Gasteiger partial charge in [-0.3, -0.25) is 15.0 Å². The van der Waals surface area contributed by atoms with Crippen LogP contribution in [0.5, 0.6) is 5.75 Å². The summed E-state index contributed by atoms with van der Waals surface area (Å²) in [6, 6.07) is 16.0. The number of anilines is 1. The van der Waals surface area contributed by atoms with Gasteiger partial charge in [-0.1, -0.05) is 30.3 Å². The molecule has 2 fully saturated rings. The van der Waals surface area contributed by atoms with E-state index in [1.165, 1.54) is 31.5 Å². The van der Waals surface area contributed by atoms with E-state index in [0.29, 0.717) is 18.5 Å². The fourth-order valence-electron chi connectivity index (χ4n) is 4.20. The summed E-state index contributed by atoms with van der Waals surface area (Å²) in [6.45, 7) is 4.00. The molecule has 1 aliphatic heterocycles. The highest BCUT2D eigenvalue weighted by Crippen LogP contribution is 2.47. The SMILES string of the molecule is O=C(Nc1nc2cc(OCCN3CCCC3)ccc2[nH]1)C1CC1c1ccccc1. The summed E-state index contributed by atoms with van der Waals surface area (Å²) in [4.78, 5) is 22.7. The Bertz CT molecular complexity index is 995. The van der Waals surface area contributed by atoms with Gasteiger partial charge in [0.05, 0.1) is 11.0 Å². The number of likely N-dealkylation sites (tertiary alicyclic amines) is 1. The summed E-state index contributed by atoms with van der Waals surface area (Å²) in [5.74, 6) is 1.68. The molecule has 29 heavy (non-hydrogen) atoms. The van der Waals surface area contributed by atoms with Crippen LogP contribution in [0.4, 0.5) is 5.95 Å². The molecule has 2 heterocycles. The number of imidazole rings is 1. The average Bonchev–Trinajstić information content (AvgIpc) is 3.18. The molecule has 2 unspecified atom stereocenters. The van der Waals surface area contributed by atoms with E-state index in [4.69, 9.17) is 4.74 Å². The lowest BCUT2D eigenvalue weighted by molar-refractivity contribution is -0.117. The van der Waals surface area contributed by atoms with Gasteiger partial charge in [-0.2, -0.15) is 0 Å². The molecule has 5 rings (SSSR count).